The average molecular weight is 346 g/mol. The van der Waals surface area contributed by atoms with E-state index >= 15 is 0 Å². The molecule has 1 aliphatic carbocycles. The number of carbonyl (C=O) groups excluding carboxylic acids is 2. The van der Waals surface area contributed by atoms with Crippen LogP contribution < -0.4 is 5.32 Å². The van der Waals surface area contributed by atoms with Gasteiger partial charge in [-0.15, -0.1) is 0 Å². The van der Waals surface area contributed by atoms with Crippen molar-refractivity contribution in [3.05, 3.63) is 18.0 Å². The van der Waals surface area contributed by atoms with Gasteiger partial charge < -0.3 is 10.2 Å². The molecule has 0 bridgehead atoms. The maximum atomic E-state index is 12.8. The summed E-state index contributed by atoms with van der Waals surface area (Å²) < 4.78 is 1.80. The second kappa shape index (κ2) is 8.50. The van der Waals surface area contributed by atoms with Gasteiger partial charge in [0.2, 0.25) is 11.8 Å². The number of nitrogens with zero attached hydrogens (tertiary/aromatic N) is 3. The first-order valence-corrected chi connectivity index (χ1v) is 9.69. The molecule has 1 N–H and O–H groups in total. The number of aryl methyl sites for hydroxylation is 2. The predicted octanol–water partition coefficient (Wildman–Crippen LogP) is 1.90. The Balaban J connectivity index is 1.47. The summed E-state index contributed by atoms with van der Waals surface area (Å²) in [7, 11) is 1.91. The molecule has 1 aliphatic heterocycles. The van der Waals surface area contributed by atoms with Gasteiger partial charge >= 0.3 is 0 Å². The minimum Gasteiger partial charge on any atom is -0.356 e. The fourth-order valence-corrected chi connectivity index (χ4v) is 4.15. The lowest BCUT2D eigenvalue weighted by Crippen LogP contribution is -2.44. The highest BCUT2D eigenvalue weighted by molar-refractivity contribution is 5.88. The molecule has 1 saturated carbocycles. The monoisotopic (exact) mass is 346 g/mol. The summed E-state index contributed by atoms with van der Waals surface area (Å²) in [5.74, 6) is 0.0431. The maximum Gasteiger partial charge on any atom is 0.226 e. The topological polar surface area (TPSA) is 67.2 Å². The van der Waals surface area contributed by atoms with Gasteiger partial charge in [0.15, 0.2) is 0 Å². The lowest BCUT2D eigenvalue weighted by atomic mass is 9.78. The molecule has 1 aromatic rings. The number of hydrogen-bond donors (Lipinski definition) is 1. The Morgan fingerprint density at radius 2 is 1.88 bits per heavy atom. The van der Waals surface area contributed by atoms with Crippen molar-refractivity contribution >= 4 is 11.8 Å². The SMILES string of the molecule is Cn1cc(CCCNC(=O)[C@H]2CCCC[C@H]2C(=O)N2CCCC2)cn1. The molecule has 0 spiro atoms. The Labute approximate surface area is 149 Å². The average Bonchev–Trinajstić information content (AvgIpc) is 3.30. The quantitative estimate of drug-likeness (QED) is 0.800. The largest absolute Gasteiger partial charge is 0.356 e. The van der Waals surface area contributed by atoms with Gasteiger partial charge in [-0.3, -0.25) is 14.3 Å². The van der Waals surface area contributed by atoms with Crippen LogP contribution in [0, 0.1) is 11.8 Å². The third kappa shape index (κ3) is 4.61. The van der Waals surface area contributed by atoms with Gasteiger partial charge in [0.05, 0.1) is 6.20 Å². The van der Waals surface area contributed by atoms with Crippen molar-refractivity contribution in [1.29, 1.82) is 0 Å². The minimum atomic E-state index is -0.139. The van der Waals surface area contributed by atoms with Crippen LogP contribution in [-0.2, 0) is 23.1 Å². The molecule has 25 heavy (non-hydrogen) atoms. The van der Waals surface area contributed by atoms with Crippen LogP contribution >= 0.6 is 0 Å². The van der Waals surface area contributed by atoms with Crippen LogP contribution in [0.1, 0.15) is 50.5 Å². The zero-order valence-corrected chi connectivity index (χ0v) is 15.2. The van der Waals surface area contributed by atoms with Gasteiger partial charge in [0.25, 0.3) is 0 Å². The van der Waals surface area contributed by atoms with Crippen LogP contribution in [0.25, 0.3) is 0 Å². The van der Waals surface area contributed by atoms with Crippen molar-refractivity contribution in [1.82, 2.24) is 20.0 Å². The van der Waals surface area contributed by atoms with E-state index in [1.165, 1.54) is 5.56 Å². The molecular formula is C19H30N4O2. The first-order valence-electron chi connectivity index (χ1n) is 9.69. The Morgan fingerprint density at radius 3 is 2.56 bits per heavy atom. The summed E-state index contributed by atoms with van der Waals surface area (Å²) in [6, 6.07) is 0. The van der Waals surface area contributed by atoms with E-state index in [0.717, 1.165) is 64.5 Å². The Bertz CT molecular complexity index is 592. The van der Waals surface area contributed by atoms with E-state index in [1.54, 1.807) is 4.68 Å². The number of aromatic nitrogens is 2. The number of carbonyl (C=O) groups is 2. The van der Waals surface area contributed by atoms with Crippen molar-refractivity contribution < 1.29 is 9.59 Å². The van der Waals surface area contributed by atoms with Crippen LogP contribution in [0.4, 0.5) is 0 Å². The van der Waals surface area contributed by atoms with E-state index in [-0.39, 0.29) is 23.7 Å². The lowest BCUT2D eigenvalue weighted by molar-refractivity contribution is -0.142. The molecule has 1 aromatic heterocycles. The van der Waals surface area contributed by atoms with E-state index in [9.17, 15) is 9.59 Å². The molecule has 2 aliphatic rings. The highest BCUT2D eigenvalue weighted by atomic mass is 16.2. The smallest absolute Gasteiger partial charge is 0.226 e. The summed E-state index contributed by atoms with van der Waals surface area (Å²) in [5.41, 5.74) is 1.19. The number of likely N-dealkylation sites (tertiary alicyclic amines) is 1. The number of hydrogen-bond acceptors (Lipinski definition) is 3. The number of amides is 2. The Morgan fingerprint density at radius 1 is 1.16 bits per heavy atom. The highest BCUT2D eigenvalue weighted by Crippen LogP contribution is 2.32. The predicted molar refractivity (Wildman–Crippen MR) is 95.8 cm³/mol. The van der Waals surface area contributed by atoms with Crippen molar-refractivity contribution in [2.24, 2.45) is 18.9 Å². The summed E-state index contributed by atoms with van der Waals surface area (Å²) in [4.78, 5) is 27.4. The van der Waals surface area contributed by atoms with E-state index in [4.69, 9.17) is 0 Å². The van der Waals surface area contributed by atoms with Crippen LogP contribution in [0.3, 0.4) is 0 Å². The second-order valence-corrected chi connectivity index (χ2v) is 7.45. The van der Waals surface area contributed by atoms with Crippen molar-refractivity contribution in [2.45, 2.75) is 51.4 Å². The van der Waals surface area contributed by atoms with Crippen LogP contribution in [0.2, 0.25) is 0 Å². The van der Waals surface area contributed by atoms with E-state index in [1.807, 2.05) is 24.3 Å². The zero-order chi connectivity index (χ0) is 17.6. The number of nitrogens with one attached hydrogen (secondary N) is 1. The summed E-state index contributed by atoms with van der Waals surface area (Å²) in [5, 5.41) is 7.23. The normalized spacial score (nSPS) is 23.6. The van der Waals surface area contributed by atoms with Crippen molar-refractivity contribution in [2.75, 3.05) is 19.6 Å². The van der Waals surface area contributed by atoms with Crippen molar-refractivity contribution in [3.63, 3.8) is 0 Å². The fraction of sp³-hybridized carbons (Fsp3) is 0.737. The summed E-state index contributed by atoms with van der Waals surface area (Å²) in [6.07, 6.45) is 11.7. The van der Waals surface area contributed by atoms with Gasteiger partial charge in [-0.1, -0.05) is 12.8 Å². The molecule has 0 aromatic carbocycles. The molecule has 2 atom stereocenters. The first kappa shape index (κ1) is 18.0. The Kier molecular flexibility index (Phi) is 6.10. The summed E-state index contributed by atoms with van der Waals surface area (Å²) in [6.45, 7) is 2.40. The fourth-order valence-electron chi connectivity index (χ4n) is 4.15. The van der Waals surface area contributed by atoms with Gasteiger partial charge in [-0.05, 0) is 44.1 Å². The third-order valence-corrected chi connectivity index (χ3v) is 5.54. The molecular weight excluding hydrogens is 316 g/mol. The van der Waals surface area contributed by atoms with E-state index in [2.05, 4.69) is 10.4 Å². The molecule has 0 radical (unpaired) electrons. The minimum absolute atomic E-state index is 0.0726. The maximum absolute atomic E-state index is 12.8. The van der Waals surface area contributed by atoms with Gasteiger partial charge in [0.1, 0.15) is 0 Å². The van der Waals surface area contributed by atoms with Gasteiger partial charge in [0, 0.05) is 44.7 Å². The molecule has 2 amide bonds. The highest BCUT2D eigenvalue weighted by Gasteiger charge is 2.38. The summed E-state index contributed by atoms with van der Waals surface area (Å²) >= 11 is 0. The molecule has 0 unspecified atom stereocenters. The van der Waals surface area contributed by atoms with Crippen LogP contribution in [0.15, 0.2) is 12.4 Å². The zero-order valence-electron chi connectivity index (χ0n) is 15.2. The Hall–Kier alpha value is -1.85. The standard InChI is InChI=1S/C19H30N4O2/c1-22-14-15(13-21-22)7-6-10-20-18(24)16-8-2-3-9-17(16)19(25)23-11-4-5-12-23/h13-14,16-17H,2-12H2,1H3,(H,20,24)/t16-,17+/m0/s1. The molecule has 138 valence electrons. The second-order valence-electron chi connectivity index (χ2n) is 7.45. The molecule has 2 fully saturated rings. The van der Waals surface area contributed by atoms with E-state index < -0.39 is 0 Å². The number of rotatable bonds is 6. The molecule has 1 saturated heterocycles. The molecule has 6 heteroatoms. The van der Waals surface area contributed by atoms with Crippen molar-refractivity contribution in [3.8, 4) is 0 Å². The molecule has 2 heterocycles. The van der Waals surface area contributed by atoms with Crippen LogP contribution in [-0.4, -0.2) is 46.1 Å². The first-order chi connectivity index (χ1) is 12.1. The lowest BCUT2D eigenvalue weighted by Gasteiger charge is -2.32. The van der Waals surface area contributed by atoms with E-state index in [0.29, 0.717) is 6.54 Å². The third-order valence-electron chi connectivity index (χ3n) is 5.54. The molecule has 6 nitrogen and oxygen atoms in total. The van der Waals surface area contributed by atoms with Gasteiger partial charge in [-0.25, -0.2) is 0 Å². The van der Waals surface area contributed by atoms with Gasteiger partial charge in [-0.2, -0.15) is 5.10 Å². The molecule has 3 rings (SSSR count). The van der Waals surface area contributed by atoms with Crippen LogP contribution in [0.5, 0.6) is 0 Å².